The Morgan fingerprint density at radius 2 is 2.07 bits per heavy atom. The van der Waals surface area contributed by atoms with Crippen molar-refractivity contribution in [1.82, 2.24) is 4.90 Å². The van der Waals surface area contributed by atoms with Crippen molar-refractivity contribution in [2.75, 3.05) is 13.7 Å². The molecule has 1 heterocycles. The zero-order valence-electron chi connectivity index (χ0n) is 14.2. The minimum absolute atomic E-state index is 0.179. The minimum Gasteiger partial charge on any atom is -0.546 e. The maximum atomic E-state index is 12.5. The number of amides is 1. The van der Waals surface area contributed by atoms with E-state index in [1.165, 1.54) is 16.7 Å². The average Bonchev–Trinajstić information content (AvgIpc) is 2.88. The Labute approximate surface area is 165 Å². The quantitative estimate of drug-likeness (QED) is 0.719. The zero-order valence-corrected chi connectivity index (χ0v) is 15.8. The smallest absolute Gasteiger partial charge is 0.266 e. The monoisotopic (exact) mass is 401 g/mol. The summed E-state index contributed by atoms with van der Waals surface area (Å²) in [6.07, 6.45) is 1.70. The molecule has 0 spiro atoms. The first-order valence-corrected chi connectivity index (χ1v) is 9.06. The molecule has 0 saturated carbocycles. The average molecular weight is 402 g/mol. The third-order valence-electron chi connectivity index (χ3n) is 3.55. The first kappa shape index (κ1) is 19.0. The highest BCUT2D eigenvalue weighted by Crippen LogP contribution is 2.33. The number of rotatable bonds is 5. The second kappa shape index (κ2) is 8.28. The SMILES string of the molecule is CN1C(=O)/C(=C\c2cccc(OCC(=O)[O-])c2)SC1=Nc1cccc(Cl)c1. The van der Waals surface area contributed by atoms with Crippen molar-refractivity contribution in [2.24, 2.45) is 4.99 Å². The van der Waals surface area contributed by atoms with Gasteiger partial charge in [0.15, 0.2) is 5.17 Å². The van der Waals surface area contributed by atoms with E-state index in [0.29, 0.717) is 32.1 Å². The van der Waals surface area contributed by atoms with Gasteiger partial charge in [-0.2, -0.15) is 0 Å². The van der Waals surface area contributed by atoms with Gasteiger partial charge in [-0.1, -0.05) is 29.8 Å². The number of carbonyl (C=O) groups excluding carboxylic acids is 2. The summed E-state index contributed by atoms with van der Waals surface area (Å²) < 4.78 is 5.10. The van der Waals surface area contributed by atoms with Crippen LogP contribution in [0.15, 0.2) is 58.4 Å². The zero-order chi connectivity index (χ0) is 19.4. The molecule has 8 heteroatoms. The molecule has 2 aromatic carbocycles. The first-order valence-electron chi connectivity index (χ1n) is 7.87. The Balaban J connectivity index is 1.82. The van der Waals surface area contributed by atoms with Crippen LogP contribution in [0.25, 0.3) is 6.08 Å². The number of carboxylic acids is 1. The number of thioether (sulfide) groups is 1. The molecule has 3 rings (SSSR count). The van der Waals surface area contributed by atoms with Gasteiger partial charge in [-0.3, -0.25) is 9.69 Å². The number of likely N-dealkylation sites (N-methyl/N-ethyl adjacent to an activating group) is 1. The fourth-order valence-electron chi connectivity index (χ4n) is 2.30. The summed E-state index contributed by atoms with van der Waals surface area (Å²) in [5, 5.41) is 11.6. The molecular weight excluding hydrogens is 388 g/mol. The standard InChI is InChI=1S/C19H15ClN2O4S/c1-22-18(25)16(27-19(22)21-14-6-3-5-13(20)10-14)9-12-4-2-7-15(8-12)26-11-17(23)24/h2-10H,11H2,1H3,(H,23,24)/p-1/b16-9+,21-19?. The second-order valence-electron chi connectivity index (χ2n) is 5.58. The van der Waals surface area contributed by atoms with Gasteiger partial charge in [0.1, 0.15) is 12.4 Å². The number of benzene rings is 2. The van der Waals surface area contributed by atoms with Crippen LogP contribution in [0, 0.1) is 0 Å². The van der Waals surface area contributed by atoms with Crippen LogP contribution in [0.1, 0.15) is 5.56 Å². The summed E-state index contributed by atoms with van der Waals surface area (Å²) in [5.41, 5.74) is 1.36. The molecule has 0 unspecified atom stereocenters. The lowest BCUT2D eigenvalue weighted by molar-refractivity contribution is -0.307. The Morgan fingerprint density at radius 1 is 1.30 bits per heavy atom. The first-order chi connectivity index (χ1) is 12.9. The molecule has 1 aliphatic heterocycles. The number of halogens is 1. The van der Waals surface area contributed by atoms with Crippen molar-refractivity contribution in [3.05, 3.63) is 64.0 Å². The second-order valence-corrected chi connectivity index (χ2v) is 7.03. The Hall–Kier alpha value is -2.77. The predicted molar refractivity (Wildman–Crippen MR) is 104 cm³/mol. The summed E-state index contributed by atoms with van der Waals surface area (Å²) >= 11 is 7.22. The maximum Gasteiger partial charge on any atom is 0.266 e. The predicted octanol–water partition coefficient (Wildman–Crippen LogP) is 2.70. The molecule has 1 fully saturated rings. The highest BCUT2D eigenvalue weighted by Gasteiger charge is 2.30. The van der Waals surface area contributed by atoms with E-state index in [4.69, 9.17) is 16.3 Å². The molecule has 0 radical (unpaired) electrons. The van der Waals surface area contributed by atoms with Crippen LogP contribution >= 0.6 is 23.4 Å². The third kappa shape index (κ3) is 4.90. The normalized spacial score (nSPS) is 17.0. The molecule has 0 bridgehead atoms. The Bertz CT molecular complexity index is 958. The van der Waals surface area contributed by atoms with Crippen molar-refractivity contribution >= 4 is 52.2 Å². The fourth-order valence-corrected chi connectivity index (χ4v) is 3.47. The summed E-state index contributed by atoms with van der Waals surface area (Å²) in [6, 6.07) is 13.8. The van der Waals surface area contributed by atoms with E-state index in [1.54, 1.807) is 61.7 Å². The van der Waals surface area contributed by atoms with Crippen molar-refractivity contribution in [3.63, 3.8) is 0 Å². The van der Waals surface area contributed by atoms with E-state index < -0.39 is 12.6 Å². The highest BCUT2D eigenvalue weighted by atomic mass is 35.5. The number of amidine groups is 1. The number of aliphatic carboxylic acids is 1. The number of aliphatic imine (C=N–C) groups is 1. The largest absolute Gasteiger partial charge is 0.546 e. The Morgan fingerprint density at radius 3 is 2.81 bits per heavy atom. The van der Waals surface area contributed by atoms with E-state index in [0.717, 1.165) is 0 Å². The van der Waals surface area contributed by atoms with Crippen LogP contribution in [-0.2, 0) is 9.59 Å². The molecule has 0 N–H and O–H groups in total. The van der Waals surface area contributed by atoms with Crippen LogP contribution < -0.4 is 9.84 Å². The minimum atomic E-state index is -1.30. The number of carboxylic acid groups (broad SMARTS) is 1. The maximum absolute atomic E-state index is 12.5. The van der Waals surface area contributed by atoms with Gasteiger partial charge in [0.2, 0.25) is 0 Å². The van der Waals surface area contributed by atoms with Gasteiger partial charge in [-0.25, -0.2) is 4.99 Å². The third-order valence-corrected chi connectivity index (χ3v) is 4.84. The van der Waals surface area contributed by atoms with Gasteiger partial charge in [0, 0.05) is 12.1 Å². The van der Waals surface area contributed by atoms with Crippen LogP contribution in [0.2, 0.25) is 5.02 Å². The molecule has 0 atom stereocenters. The molecule has 138 valence electrons. The van der Waals surface area contributed by atoms with E-state index in [-0.39, 0.29) is 5.91 Å². The van der Waals surface area contributed by atoms with Crippen molar-refractivity contribution in [1.29, 1.82) is 0 Å². The summed E-state index contributed by atoms with van der Waals surface area (Å²) in [7, 11) is 1.65. The topological polar surface area (TPSA) is 82.0 Å². The van der Waals surface area contributed by atoms with E-state index in [2.05, 4.69) is 4.99 Å². The van der Waals surface area contributed by atoms with Crippen molar-refractivity contribution in [3.8, 4) is 5.75 Å². The number of hydrogen-bond acceptors (Lipinski definition) is 6. The van der Waals surface area contributed by atoms with Crippen LogP contribution in [0.4, 0.5) is 5.69 Å². The molecule has 6 nitrogen and oxygen atoms in total. The molecule has 0 aliphatic carbocycles. The molecule has 1 saturated heterocycles. The summed E-state index contributed by atoms with van der Waals surface area (Å²) in [6.45, 7) is -0.535. The lowest BCUT2D eigenvalue weighted by Gasteiger charge is -2.07. The van der Waals surface area contributed by atoms with Crippen LogP contribution in [-0.4, -0.2) is 35.6 Å². The van der Waals surface area contributed by atoms with Gasteiger partial charge >= 0.3 is 0 Å². The van der Waals surface area contributed by atoms with Gasteiger partial charge in [0.25, 0.3) is 5.91 Å². The lowest BCUT2D eigenvalue weighted by atomic mass is 10.2. The lowest BCUT2D eigenvalue weighted by Crippen LogP contribution is -2.28. The molecule has 2 aromatic rings. The number of ether oxygens (including phenoxy) is 1. The van der Waals surface area contributed by atoms with Crippen molar-refractivity contribution < 1.29 is 19.4 Å². The highest BCUT2D eigenvalue weighted by molar-refractivity contribution is 8.18. The molecular formula is C19H14ClN2O4S-. The number of hydrogen-bond donors (Lipinski definition) is 0. The Kier molecular flexibility index (Phi) is 5.83. The van der Waals surface area contributed by atoms with Crippen LogP contribution in [0.3, 0.4) is 0 Å². The van der Waals surface area contributed by atoms with Crippen molar-refractivity contribution in [2.45, 2.75) is 0 Å². The number of carbonyl (C=O) groups is 2. The van der Waals surface area contributed by atoms with Crippen LogP contribution in [0.5, 0.6) is 5.75 Å². The molecule has 27 heavy (non-hydrogen) atoms. The summed E-state index contributed by atoms with van der Waals surface area (Å²) in [5.74, 6) is -1.10. The van der Waals surface area contributed by atoms with Gasteiger partial charge < -0.3 is 14.6 Å². The van der Waals surface area contributed by atoms with Gasteiger partial charge in [0.05, 0.1) is 16.6 Å². The van der Waals surface area contributed by atoms with Gasteiger partial charge in [-0.05, 0) is 53.7 Å². The molecule has 1 aliphatic rings. The van der Waals surface area contributed by atoms with E-state index in [9.17, 15) is 14.7 Å². The molecule has 1 amide bonds. The van der Waals surface area contributed by atoms with E-state index >= 15 is 0 Å². The molecule has 0 aromatic heterocycles. The fraction of sp³-hybridized carbons (Fsp3) is 0.105. The summed E-state index contributed by atoms with van der Waals surface area (Å²) in [4.78, 5) is 29.4. The van der Waals surface area contributed by atoms with E-state index in [1.807, 2.05) is 0 Å². The van der Waals surface area contributed by atoms with Gasteiger partial charge in [-0.15, -0.1) is 0 Å². The number of nitrogens with zero attached hydrogens (tertiary/aromatic N) is 2.